The van der Waals surface area contributed by atoms with Crippen LogP contribution in [0.2, 0.25) is 0 Å². The Kier molecular flexibility index (Phi) is 4.31. The predicted octanol–water partition coefficient (Wildman–Crippen LogP) is 2.10. The Morgan fingerprint density at radius 2 is 2.17 bits per heavy atom. The van der Waals surface area contributed by atoms with Crippen molar-refractivity contribution in [2.24, 2.45) is 0 Å². The standard InChI is InChI=1S/C14H19FN2O/c1-16-13(11-6-2-3-7-12(11)15)10-17-9-5-4-8-14(17)18/h2-3,6-7,13,16H,4-5,8-10H2,1H3. The number of carbonyl (C=O) groups excluding carboxylic acids is 1. The first-order valence-corrected chi connectivity index (χ1v) is 6.42. The molecule has 1 amide bonds. The SMILES string of the molecule is CNC(CN1CCCCC1=O)c1ccccc1F. The Labute approximate surface area is 107 Å². The quantitative estimate of drug-likeness (QED) is 0.887. The highest BCUT2D eigenvalue weighted by molar-refractivity contribution is 5.76. The fraction of sp³-hybridized carbons (Fsp3) is 0.500. The van der Waals surface area contributed by atoms with E-state index in [9.17, 15) is 9.18 Å². The van der Waals surface area contributed by atoms with Crippen LogP contribution in [-0.2, 0) is 4.79 Å². The van der Waals surface area contributed by atoms with Gasteiger partial charge in [0.2, 0.25) is 5.91 Å². The van der Waals surface area contributed by atoms with Crippen LogP contribution in [0.5, 0.6) is 0 Å². The number of carbonyl (C=O) groups is 1. The van der Waals surface area contributed by atoms with E-state index in [4.69, 9.17) is 0 Å². The molecule has 1 heterocycles. The van der Waals surface area contributed by atoms with Gasteiger partial charge in [-0.2, -0.15) is 0 Å². The molecule has 1 N–H and O–H groups in total. The van der Waals surface area contributed by atoms with Crippen LogP contribution < -0.4 is 5.32 Å². The molecule has 0 aromatic heterocycles. The summed E-state index contributed by atoms with van der Waals surface area (Å²) in [6, 6.07) is 6.58. The number of likely N-dealkylation sites (tertiary alicyclic amines) is 1. The summed E-state index contributed by atoms with van der Waals surface area (Å²) in [6.07, 6.45) is 2.63. The Morgan fingerprint density at radius 3 is 2.83 bits per heavy atom. The number of halogens is 1. The third kappa shape index (κ3) is 2.88. The number of likely N-dealkylation sites (N-methyl/N-ethyl adjacent to an activating group) is 1. The molecular formula is C14H19FN2O. The largest absolute Gasteiger partial charge is 0.341 e. The van der Waals surface area contributed by atoms with Crippen molar-refractivity contribution >= 4 is 5.91 Å². The van der Waals surface area contributed by atoms with Gasteiger partial charge in [0.25, 0.3) is 0 Å². The van der Waals surface area contributed by atoms with Crippen molar-refractivity contribution in [2.75, 3.05) is 20.1 Å². The van der Waals surface area contributed by atoms with Gasteiger partial charge in [-0.1, -0.05) is 18.2 Å². The average molecular weight is 250 g/mol. The van der Waals surface area contributed by atoms with E-state index in [1.165, 1.54) is 6.07 Å². The van der Waals surface area contributed by atoms with Crippen molar-refractivity contribution in [1.82, 2.24) is 10.2 Å². The molecule has 0 saturated carbocycles. The smallest absolute Gasteiger partial charge is 0.222 e. The number of hydrogen-bond donors (Lipinski definition) is 1. The van der Waals surface area contributed by atoms with E-state index in [1.807, 2.05) is 11.0 Å². The first kappa shape index (κ1) is 13.0. The second-order valence-corrected chi connectivity index (χ2v) is 4.66. The van der Waals surface area contributed by atoms with Gasteiger partial charge in [-0.25, -0.2) is 4.39 Å². The topological polar surface area (TPSA) is 32.3 Å². The van der Waals surface area contributed by atoms with Crippen molar-refractivity contribution < 1.29 is 9.18 Å². The summed E-state index contributed by atoms with van der Waals surface area (Å²) in [4.78, 5) is 13.6. The minimum atomic E-state index is -0.221. The van der Waals surface area contributed by atoms with E-state index in [1.54, 1.807) is 19.2 Å². The maximum Gasteiger partial charge on any atom is 0.222 e. The van der Waals surface area contributed by atoms with E-state index in [-0.39, 0.29) is 17.8 Å². The summed E-state index contributed by atoms with van der Waals surface area (Å²) in [5.74, 6) is -0.0425. The number of nitrogens with zero attached hydrogens (tertiary/aromatic N) is 1. The molecule has 4 heteroatoms. The van der Waals surface area contributed by atoms with Crippen molar-refractivity contribution in [3.63, 3.8) is 0 Å². The third-order valence-electron chi connectivity index (χ3n) is 3.45. The normalized spacial score (nSPS) is 17.9. The van der Waals surface area contributed by atoms with Crippen LogP contribution in [0.1, 0.15) is 30.9 Å². The molecule has 1 aliphatic rings. The van der Waals surface area contributed by atoms with Crippen molar-refractivity contribution in [1.29, 1.82) is 0 Å². The molecule has 2 rings (SSSR count). The van der Waals surface area contributed by atoms with Gasteiger partial charge in [0.05, 0.1) is 6.04 Å². The molecule has 1 unspecified atom stereocenters. The molecule has 1 aliphatic heterocycles. The van der Waals surface area contributed by atoms with Gasteiger partial charge in [0.1, 0.15) is 5.82 Å². The fourth-order valence-electron chi connectivity index (χ4n) is 2.38. The second-order valence-electron chi connectivity index (χ2n) is 4.66. The second kappa shape index (κ2) is 5.96. The number of piperidine rings is 1. The van der Waals surface area contributed by atoms with Crippen LogP contribution in [0, 0.1) is 5.82 Å². The zero-order valence-corrected chi connectivity index (χ0v) is 10.7. The fourth-order valence-corrected chi connectivity index (χ4v) is 2.38. The highest BCUT2D eigenvalue weighted by atomic mass is 19.1. The van der Waals surface area contributed by atoms with E-state index < -0.39 is 0 Å². The zero-order chi connectivity index (χ0) is 13.0. The molecule has 3 nitrogen and oxygen atoms in total. The first-order valence-electron chi connectivity index (χ1n) is 6.42. The van der Waals surface area contributed by atoms with Gasteiger partial charge in [-0.3, -0.25) is 4.79 Å². The molecule has 1 atom stereocenters. The number of amides is 1. The summed E-state index contributed by atoms with van der Waals surface area (Å²) in [5.41, 5.74) is 0.623. The van der Waals surface area contributed by atoms with E-state index >= 15 is 0 Å². The molecule has 0 aliphatic carbocycles. The lowest BCUT2D eigenvalue weighted by molar-refractivity contribution is -0.133. The highest BCUT2D eigenvalue weighted by Gasteiger charge is 2.23. The summed E-state index contributed by atoms with van der Waals surface area (Å²) in [7, 11) is 1.80. The molecule has 0 bridgehead atoms. The van der Waals surface area contributed by atoms with Crippen LogP contribution in [0.15, 0.2) is 24.3 Å². The maximum absolute atomic E-state index is 13.7. The van der Waals surface area contributed by atoms with Crippen LogP contribution in [-0.4, -0.2) is 30.9 Å². The minimum absolute atomic E-state index is 0.145. The van der Waals surface area contributed by atoms with Crippen LogP contribution in [0.3, 0.4) is 0 Å². The summed E-state index contributed by atoms with van der Waals surface area (Å²) >= 11 is 0. The lowest BCUT2D eigenvalue weighted by atomic mass is 10.0. The number of hydrogen-bond acceptors (Lipinski definition) is 2. The Balaban J connectivity index is 2.09. The molecule has 98 valence electrons. The van der Waals surface area contributed by atoms with Crippen LogP contribution in [0.25, 0.3) is 0 Å². The molecule has 0 spiro atoms. The van der Waals surface area contributed by atoms with Crippen LogP contribution in [0.4, 0.5) is 4.39 Å². The van der Waals surface area contributed by atoms with Gasteiger partial charge >= 0.3 is 0 Å². The van der Waals surface area contributed by atoms with Crippen LogP contribution >= 0.6 is 0 Å². The summed E-state index contributed by atoms with van der Waals surface area (Å²) in [5, 5.41) is 3.09. The van der Waals surface area contributed by atoms with Gasteiger partial charge < -0.3 is 10.2 Å². The lowest BCUT2D eigenvalue weighted by Crippen LogP contribution is -2.41. The van der Waals surface area contributed by atoms with Crippen molar-refractivity contribution in [2.45, 2.75) is 25.3 Å². The van der Waals surface area contributed by atoms with Gasteiger partial charge in [0.15, 0.2) is 0 Å². The molecule has 1 saturated heterocycles. The predicted molar refractivity (Wildman–Crippen MR) is 68.6 cm³/mol. The summed E-state index contributed by atoms with van der Waals surface area (Å²) in [6.45, 7) is 1.32. The van der Waals surface area contributed by atoms with E-state index in [0.29, 0.717) is 18.5 Å². The minimum Gasteiger partial charge on any atom is -0.341 e. The average Bonchev–Trinajstić information content (AvgIpc) is 2.39. The third-order valence-corrected chi connectivity index (χ3v) is 3.45. The monoisotopic (exact) mass is 250 g/mol. The van der Waals surface area contributed by atoms with E-state index in [2.05, 4.69) is 5.32 Å². The molecule has 18 heavy (non-hydrogen) atoms. The Morgan fingerprint density at radius 1 is 1.39 bits per heavy atom. The zero-order valence-electron chi connectivity index (χ0n) is 10.7. The number of nitrogens with one attached hydrogen (secondary N) is 1. The number of benzene rings is 1. The molecule has 1 aromatic rings. The molecule has 1 aromatic carbocycles. The van der Waals surface area contributed by atoms with Gasteiger partial charge in [0, 0.05) is 25.1 Å². The summed E-state index contributed by atoms with van der Waals surface area (Å²) < 4.78 is 13.7. The van der Waals surface area contributed by atoms with Crippen molar-refractivity contribution in [3.8, 4) is 0 Å². The Hall–Kier alpha value is -1.42. The van der Waals surface area contributed by atoms with Gasteiger partial charge in [-0.15, -0.1) is 0 Å². The van der Waals surface area contributed by atoms with Crippen molar-refractivity contribution in [3.05, 3.63) is 35.6 Å². The maximum atomic E-state index is 13.7. The number of rotatable bonds is 4. The molecule has 1 fully saturated rings. The lowest BCUT2D eigenvalue weighted by Gasteiger charge is -2.30. The molecular weight excluding hydrogens is 231 g/mol. The Bertz CT molecular complexity index is 422. The van der Waals surface area contributed by atoms with Gasteiger partial charge in [-0.05, 0) is 26.0 Å². The van der Waals surface area contributed by atoms with E-state index in [0.717, 1.165) is 19.4 Å². The first-order chi connectivity index (χ1) is 8.72. The molecule has 0 radical (unpaired) electrons. The highest BCUT2D eigenvalue weighted by Crippen LogP contribution is 2.20.